The smallest absolute Gasteiger partial charge is 0.550 e. The number of carbonyl (C=O) groups excluding carboxylic acids is 2. The molecule has 0 spiro atoms. The topological polar surface area (TPSA) is 226 Å². The summed E-state index contributed by atoms with van der Waals surface area (Å²) in [6.07, 6.45) is 3.91. The van der Waals surface area contributed by atoms with Gasteiger partial charge in [-0.2, -0.15) is 0 Å². The third-order valence-corrected chi connectivity index (χ3v) is 9.27. The molecule has 14 heteroatoms. The van der Waals surface area contributed by atoms with Crippen molar-refractivity contribution < 1.29 is 110 Å². The molecule has 0 amide bonds. The number of aryl methyl sites for hydroxylation is 2. The summed E-state index contributed by atoms with van der Waals surface area (Å²) < 4.78 is 0. The van der Waals surface area contributed by atoms with E-state index in [-0.39, 0.29) is 153 Å². The molecule has 54 heavy (non-hydrogen) atoms. The largest absolute Gasteiger partial charge is 1.00 e. The molecule has 278 valence electrons. The molecule has 0 aromatic heterocycles. The standard InChI is InChI=1S/C40H48N2O10.2Na/c1-19(2)29-23-15-21(5)31(37(49)33(23)25(35(47)39(29)51)17-41-13-9-7-11-27(43)44)32-22(6)16-24-30(20(3)4)40(52)36(48)26(34(24)38(32)50)18-42-14-10-8-12-28(45)46;;/h15-20,47-52H,7-14H2,1-6H3,(H,43,44)(H,45,46);;/q;2*+1/p-2. The summed E-state index contributed by atoms with van der Waals surface area (Å²) in [7, 11) is 0. The Labute approximate surface area is 358 Å². The van der Waals surface area contributed by atoms with Crippen LogP contribution in [0.2, 0.25) is 0 Å². The van der Waals surface area contributed by atoms with Gasteiger partial charge in [0, 0.05) is 81.6 Å². The molecule has 0 aliphatic carbocycles. The first-order valence-corrected chi connectivity index (χ1v) is 17.4. The van der Waals surface area contributed by atoms with E-state index in [2.05, 4.69) is 9.98 Å². The first-order valence-electron chi connectivity index (χ1n) is 17.4. The third kappa shape index (κ3) is 9.64. The molecule has 0 unspecified atom stereocenters. The fourth-order valence-corrected chi connectivity index (χ4v) is 6.88. The molecule has 0 saturated heterocycles. The summed E-state index contributed by atoms with van der Waals surface area (Å²) in [5, 5.41) is 92.0. The van der Waals surface area contributed by atoms with Crippen LogP contribution in [0.25, 0.3) is 32.7 Å². The van der Waals surface area contributed by atoms with Crippen molar-refractivity contribution in [3.05, 3.63) is 45.5 Å². The molecule has 4 rings (SSSR count). The van der Waals surface area contributed by atoms with Crippen molar-refractivity contribution in [2.75, 3.05) is 13.1 Å². The summed E-state index contributed by atoms with van der Waals surface area (Å²) in [6.45, 7) is 11.2. The van der Waals surface area contributed by atoms with Gasteiger partial charge in [-0.25, -0.2) is 0 Å². The van der Waals surface area contributed by atoms with Crippen molar-refractivity contribution in [2.45, 2.75) is 91.9 Å². The summed E-state index contributed by atoms with van der Waals surface area (Å²) in [5.41, 5.74) is 2.33. The number of unbranched alkanes of at least 4 members (excludes halogenated alkanes) is 2. The van der Waals surface area contributed by atoms with Crippen LogP contribution in [-0.4, -0.2) is 68.1 Å². The van der Waals surface area contributed by atoms with Crippen LogP contribution in [0, 0.1) is 13.8 Å². The second kappa shape index (κ2) is 19.9. The molecule has 0 aliphatic heterocycles. The van der Waals surface area contributed by atoms with E-state index >= 15 is 0 Å². The van der Waals surface area contributed by atoms with E-state index in [0.717, 1.165) is 0 Å². The molecule has 0 aliphatic rings. The van der Waals surface area contributed by atoms with Crippen LogP contribution in [0.3, 0.4) is 0 Å². The number of aliphatic carboxylic acids is 2. The zero-order chi connectivity index (χ0) is 38.6. The van der Waals surface area contributed by atoms with Crippen molar-refractivity contribution in [2.24, 2.45) is 9.98 Å². The Morgan fingerprint density at radius 3 is 1.22 bits per heavy atom. The van der Waals surface area contributed by atoms with Gasteiger partial charge in [0.15, 0.2) is 23.0 Å². The van der Waals surface area contributed by atoms with Crippen LogP contribution in [-0.2, 0) is 9.59 Å². The maximum absolute atomic E-state index is 12.2. The molecule has 12 nitrogen and oxygen atoms in total. The monoisotopic (exact) mass is 760 g/mol. The number of benzene rings is 4. The van der Waals surface area contributed by atoms with Gasteiger partial charge in [0.2, 0.25) is 0 Å². The van der Waals surface area contributed by atoms with Crippen LogP contribution in [0.15, 0.2) is 22.1 Å². The molecule has 0 radical (unpaired) electrons. The first-order chi connectivity index (χ1) is 24.5. The third-order valence-electron chi connectivity index (χ3n) is 9.27. The van der Waals surface area contributed by atoms with Gasteiger partial charge in [0.25, 0.3) is 0 Å². The molecule has 0 atom stereocenters. The minimum atomic E-state index is -1.17. The second-order valence-electron chi connectivity index (χ2n) is 13.8. The van der Waals surface area contributed by atoms with E-state index in [1.807, 2.05) is 27.7 Å². The molecule has 4 aromatic carbocycles. The van der Waals surface area contributed by atoms with Gasteiger partial charge < -0.3 is 50.4 Å². The van der Waals surface area contributed by atoms with Crippen molar-refractivity contribution in [3.63, 3.8) is 0 Å². The number of rotatable bonds is 15. The number of hydrogen-bond donors (Lipinski definition) is 6. The molecule has 0 fully saturated rings. The van der Waals surface area contributed by atoms with Gasteiger partial charge >= 0.3 is 59.1 Å². The molecule has 0 saturated carbocycles. The predicted octanol–water partition coefficient (Wildman–Crippen LogP) is -0.557. The van der Waals surface area contributed by atoms with Gasteiger partial charge in [0.05, 0.1) is 0 Å². The number of carboxylic acid groups (broad SMARTS) is 2. The normalized spacial score (nSPS) is 11.6. The Hall–Kier alpha value is -3.52. The number of hydrogen-bond acceptors (Lipinski definition) is 12. The van der Waals surface area contributed by atoms with Crippen LogP contribution in [0.5, 0.6) is 34.5 Å². The van der Waals surface area contributed by atoms with Crippen molar-refractivity contribution in [1.29, 1.82) is 0 Å². The summed E-state index contributed by atoms with van der Waals surface area (Å²) in [4.78, 5) is 30.3. The van der Waals surface area contributed by atoms with Gasteiger partial charge in [-0.05, 0) is 86.1 Å². The van der Waals surface area contributed by atoms with E-state index in [4.69, 9.17) is 0 Å². The number of phenols is 6. The van der Waals surface area contributed by atoms with Crippen LogP contribution in [0.1, 0.15) is 111 Å². The number of aromatic hydroxyl groups is 6. The molecule has 6 N–H and O–H groups in total. The van der Waals surface area contributed by atoms with E-state index in [0.29, 0.717) is 58.7 Å². The first kappa shape index (κ1) is 46.6. The van der Waals surface area contributed by atoms with E-state index < -0.39 is 23.4 Å². The van der Waals surface area contributed by atoms with Gasteiger partial charge in [0.1, 0.15) is 11.5 Å². The molecule has 0 heterocycles. The SMILES string of the molecule is Cc1cc2c(C(C)C)c(O)c(O)c(C=NCCCCC(=O)[O-])c2c(O)c1-c1c(C)cc2c(C(C)C)c(O)c(O)c(C=NCCCCC(=O)[O-])c2c1O.[Na+].[Na+]. The Morgan fingerprint density at radius 2 is 0.926 bits per heavy atom. The van der Waals surface area contributed by atoms with Crippen molar-refractivity contribution in [1.82, 2.24) is 0 Å². The molecular formula is C40H46N2Na2O10. The fraction of sp³-hybridized carbons (Fsp3) is 0.400. The maximum atomic E-state index is 12.2. The number of carboxylic acids is 2. The number of phenolic OH excluding ortho intramolecular Hbond substituents is 6. The average molecular weight is 761 g/mol. The predicted molar refractivity (Wildman–Crippen MR) is 197 cm³/mol. The zero-order valence-corrected chi connectivity index (χ0v) is 36.3. The van der Waals surface area contributed by atoms with Crippen LogP contribution in [0.4, 0.5) is 0 Å². The summed E-state index contributed by atoms with van der Waals surface area (Å²) >= 11 is 0. The Kier molecular flexibility index (Phi) is 17.2. The molecular weight excluding hydrogens is 714 g/mol. The Morgan fingerprint density at radius 1 is 0.593 bits per heavy atom. The molecule has 4 aromatic rings. The number of fused-ring (bicyclic) bond motifs is 2. The average Bonchev–Trinajstić information content (AvgIpc) is 3.04. The summed E-state index contributed by atoms with van der Waals surface area (Å²) in [6, 6.07) is 3.50. The summed E-state index contributed by atoms with van der Waals surface area (Å²) in [5.74, 6) is -5.24. The number of carbonyl (C=O) groups is 2. The Bertz CT molecular complexity index is 1960. The second-order valence-corrected chi connectivity index (χ2v) is 13.8. The minimum Gasteiger partial charge on any atom is -0.550 e. The number of aliphatic imine (C=N–C) groups is 2. The van der Waals surface area contributed by atoms with Crippen LogP contribution < -0.4 is 69.3 Å². The zero-order valence-electron chi connectivity index (χ0n) is 32.3. The quantitative estimate of drug-likeness (QED) is 0.0392. The Balaban J connectivity index is 0.00000504. The fourth-order valence-electron chi connectivity index (χ4n) is 6.88. The van der Waals surface area contributed by atoms with E-state index in [1.165, 1.54) is 12.4 Å². The van der Waals surface area contributed by atoms with E-state index in [9.17, 15) is 50.4 Å². The van der Waals surface area contributed by atoms with Gasteiger partial charge in [-0.3, -0.25) is 9.98 Å². The van der Waals surface area contributed by atoms with Crippen molar-refractivity contribution in [3.8, 4) is 45.6 Å². The minimum absolute atomic E-state index is 0. The van der Waals surface area contributed by atoms with Crippen molar-refractivity contribution >= 4 is 45.9 Å². The van der Waals surface area contributed by atoms with E-state index in [1.54, 1.807) is 26.0 Å². The maximum Gasteiger partial charge on any atom is 1.00 e. The molecule has 0 bridgehead atoms. The van der Waals surface area contributed by atoms with Crippen LogP contribution >= 0.6 is 0 Å². The van der Waals surface area contributed by atoms with Gasteiger partial charge in [-0.15, -0.1) is 0 Å². The number of nitrogens with zero attached hydrogens (tertiary/aromatic N) is 2. The van der Waals surface area contributed by atoms with Gasteiger partial charge in [-0.1, -0.05) is 39.8 Å².